The predicted octanol–water partition coefficient (Wildman–Crippen LogP) is 3.86. The highest BCUT2D eigenvalue weighted by Crippen LogP contribution is 2.19. The van der Waals surface area contributed by atoms with E-state index in [-0.39, 0.29) is 22.8 Å². The number of Topliss-reactive ketones (excluding diaryl/α,β-unsaturated/α-hetero) is 1. The maximum Gasteiger partial charge on any atom is 0.171 e. The molecule has 1 aromatic heterocycles. The number of rotatable bonds is 4. The summed E-state index contributed by atoms with van der Waals surface area (Å²) in [6, 6.07) is 8.13. The molecule has 0 unspecified atom stereocenters. The molecule has 2 nitrogen and oxygen atoms in total. The number of hydrogen-bond donors (Lipinski definition) is 0. The van der Waals surface area contributed by atoms with E-state index >= 15 is 0 Å². The molecule has 0 aliphatic rings. The Labute approximate surface area is 116 Å². The summed E-state index contributed by atoms with van der Waals surface area (Å²) >= 11 is 5.66. The fourth-order valence-electron chi connectivity index (χ4n) is 1.75. The van der Waals surface area contributed by atoms with Gasteiger partial charge in [-0.3, -0.25) is 9.78 Å². The summed E-state index contributed by atoms with van der Waals surface area (Å²) in [6.45, 7) is 2.03. The summed E-state index contributed by atoms with van der Waals surface area (Å²) in [4.78, 5) is 16.2. The number of aromatic nitrogens is 1. The largest absolute Gasteiger partial charge is 0.294 e. The lowest BCUT2D eigenvalue weighted by molar-refractivity contribution is 0.0988. The molecule has 1 aromatic carbocycles. The second kappa shape index (κ2) is 5.93. The molecule has 2 rings (SSSR count). The van der Waals surface area contributed by atoms with Crippen LogP contribution in [0.25, 0.3) is 0 Å². The number of carbonyl (C=O) groups is 1. The molecule has 1 heterocycles. The lowest BCUT2D eigenvalue weighted by Crippen LogP contribution is -2.07. The number of pyridine rings is 1. The van der Waals surface area contributed by atoms with Crippen LogP contribution >= 0.6 is 11.6 Å². The molecule has 0 radical (unpaired) electrons. The van der Waals surface area contributed by atoms with Crippen LogP contribution in [-0.4, -0.2) is 10.8 Å². The third-order valence-electron chi connectivity index (χ3n) is 2.89. The van der Waals surface area contributed by atoms with Gasteiger partial charge in [-0.05, 0) is 30.2 Å². The molecule has 0 saturated heterocycles. The molecule has 0 aliphatic carbocycles. The molecule has 0 aliphatic heterocycles. The van der Waals surface area contributed by atoms with E-state index in [4.69, 9.17) is 11.6 Å². The minimum absolute atomic E-state index is 0.00821. The molecule has 98 valence electrons. The summed E-state index contributed by atoms with van der Waals surface area (Å²) in [5.74, 6) is -0.990. The first-order chi connectivity index (χ1) is 9.11. The van der Waals surface area contributed by atoms with Crippen molar-refractivity contribution in [3.05, 3.63) is 64.2 Å². The lowest BCUT2D eigenvalue weighted by Gasteiger charge is -2.04. The Morgan fingerprint density at radius 2 is 2.11 bits per heavy atom. The molecule has 0 spiro atoms. The zero-order valence-electron chi connectivity index (χ0n) is 10.5. The van der Waals surface area contributed by atoms with Crippen molar-refractivity contribution in [3.63, 3.8) is 0 Å². The van der Waals surface area contributed by atoms with Gasteiger partial charge in [-0.25, -0.2) is 4.39 Å². The molecule has 0 saturated carbocycles. The van der Waals surface area contributed by atoms with Gasteiger partial charge in [-0.15, -0.1) is 0 Å². The van der Waals surface area contributed by atoms with E-state index in [1.807, 2.05) is 13.0 Å². The second-order valence-corrected chi connectivity index (χ2v) is 4.62. The van der Waals surface area contributed by atoms with Crippen LogP contribution in [0.1, 0.15) is 28.5 Å². The van der Waals surface area contributed by atoms with E-state index < -0.39 is 5.82 Å². The summed E-state index contributed by atoms with van der Waals surface area (Å²) in [5, 5.41) is -0.0415. The first-order valence-corrected chi connectivity index (χ1v) is 6.40. The van der Waals surface area contributed by atoms with Gasteiger partial charge in [0.05, 0.1) is 17.0 Å². The van der Waals surface area contributed by atoms with Crippen molar-refractivity contribution in [2.75, 3.05) is 0 Å². The van der Waals surface area contributed by atoms with Crippen molar-refractivity contribution < 1.29 is 9.18 Å². The topological polar surface area (TPSA) is 30.0 Å². The van der Waals surface area contributed by atoms with Crippen LogP contribution in [0, 0.1) is 5.82 Å². The Hall–Kier alpha value is -1.74. The maximum absolute atomic E-state index is 13.7. The van der Waals surface area contributed by atoms with E-state index in [1.165, 1.54) is 12.1 Å². The zero-order valence-corrected chi connectivity index (χ0v) is 11.2. The van der Waals surface area contributed by atoms with Crippen LogP contribution in [0.2, 0.25) is 5.02 Å². The molecule has 4 heteroatoms. The van der Waals surface area contributed by atoms with E-state index in [0.717, 1.165) is 12.0 Å². The number of carbonyl (C=O) groups excluding carboxylic acids is 1. The minimum atomic E-state index is -0.667. The van der Waals surface area contributed by atoms with Crippen LogP contribution in [0.5, 0.6) is 0 Å². The van der Waals surface area contributed by atoms with E-state index in [0.29, 0.717) is 5.69 Å². The first-order valence-electron chi connectivity index (χ1n) is 6.03. The van der Waals surface area contributed by atoms with E-state index in [1.54, 1.807) is 18.3 Å². The maximum atomic E-state index is 13.7. The fourth-order valence-corrected chi connectivity index (χ4v) is 1.92. The van der Waals surface area contributed by atoms with Gasteiger partial charge in [-0.1, -0.05) is 30.7 Å². The fraction of sp³-hybridized carbons (Fsp3) is 0.200. The van der Waals surface area contributed by atoms with Gasteiger partial charge >= 0.3 is 0 Å². The van der Waals surface area contributed by atoms with Crippen molar-refractivity contribution in [3.8, 4) is 0 Å². The van der Waals surface area contributed by atoms with Gasteiger partial charge in [0.1, 0.15) is 0 Å². The van der Waals surface area contributed by atoms with Crippen LogP contribution < -0.4 is 0 Å². The summed E-state index contributed by atoms with van der Waals surface area (Å²) in [7, 11) is 0. The van der Waals surface area contributed by atoms with Crippen LogP contribution in [-0.2, 0) is 12.8 Å². The van der Waals surface area contributed by atoms with Gasteiger partial charge in [-0.2, -0.15) is 0 Å². The molecule has 0 atom stereocenters. The predicted molar refractivity (Wildman–Crippen MR) is 73.1 cm³/mol. The number of halogens is 2. The molecule has 0 N–H and O–H groups in total. The highest BCUT2D eigenvalue weighted by Gasteiger charge is 2.14. The van der Waals surface area contributed by atoms with Crippen molar-refractivity contribution >= 4 is 17.4 Å². The molecule has 0 fully saturated rings. The third-order valence-corrected chi connectivity index (χ3v) is 3.18. The summed E-state index contributed by atoms with van der Waals surface area (Å²) < 4.78 is 13.7. The molecular formula is C15H13ClFNO. The summed E-state index contributed by atoms with van der Waals surface area (Å²) in [5.41, 5.74) is 1.74. The number of hydrogen-bond acceptors (Lipinski definition) is 2. The average molecular weight is 278 g/mol. The highest BCUT2D eigenvalue weighted by molar-refractivity contribution is 6.31. The van der Waals surface area contributed by atoms with Gasteiger partial charge < -0.3 is 0 Å². The Kier molecular flexibility index (Phi) is 4.27. The number of benzene rings is 1. The van der Waals surface area contributed by atoms with E-state index in [9.17, 15) is 9.18 Å². The Morgan fingerprint density at radius 3 is 2.74 bits per heavy atom. The number of nitrogens with zero attached hydrogens (tertiary/aromatic N) is 1. The van der Waals surface area contributed by atoms with Gasteiger partial charge in [0.2, 0.25) is 0 Å². The van der Waals surface area contributed by atoms with Gasteiger partial charge in [0, 0.05) is 11.9 Å². The van der Waals surface area contributed by atoms with Crippen molar-refractivity contribution in [2.24, 2.45) is 0 Å². The molecular weight excluding hydrogens is 265 g/mol. The normalized spacial score (nSPS) is 10.5. The Balaban J connectivity index is 2.18. The third kappa shape index (κ3) is 3.18. The van der Waals surface area contributed by atoms with E-state index in [2.05, 4.69) is 4.98 Å². The first kappa shape index (κ1) is 13.7. The quantitative estimate of drug-likeness (QED) is 0.794. The smallest absolute Gasteiger partial charge is 0.171 e. The number of aryl methyl sites for hydroxylation is 1. The lowest BCUT2D eigenvalue weighted by atomic mass is 10.1. The Bertz CT molecular complexity index is 596. The van der Waals surface area contributed by atoms with Crippen LogP contribution in [0.3, 0.4) is 0 Å². The van der Waals surface area contributed by atoms with Crippen molar-refractivity contribution in [1.82, 2.24) is 4.98 Å². The second-order valence-electron chi connectivity index (χ2n) is 4.21. The SMILES string of the molecule is CCc1ccc(CC(=O)c2cccc(Cl)c2F)nc1. The van der Waals surface area contributed by atoms with Crippen molar-refractivity contribution in [2.45, 2.75) is 19.8 Å². The number of ketones is 1. The standard InChI is InChI=1S/C15H13ClFNO/c1-2-10-6-7-11(18-9-10)8-14(19)12-4-3-5-13(16)15(12)17/h3-7,9H,2,8H2,1H3. The van der Waals surface area contributed by atoms with Crippen LogP contribution in [0.4, 0.5) is 4.39 Å². The van der Waals surface area contributed by atoms with Crippen molar-refractivity contribution in [1.29, 1.82) is 0 Å². The van der Waals surface area contributed by atoms with Gasteiger partial charge in [0.25, 0.3) is 0 Å². The molecule has 0 bridgehead atoms. The minimum Gasteiger partial charge on any atom is -0.294 e. The highest BCUT2D eigenvalue weighted by atomic mass is 35.5. The zero-order chi connectivity index (χ0) is 13.8. The average Bonchev–Trinajstić information content (AvgIpc) is 2.42. The van der Waals surface area contributed by atoms with Crippen LogP contribution in [0.15, 0.2) is 36.5 Å². The Morgan fingerprint density at radius 1 is 1.32 bits per heavy atom. The summed E-state index contributed by atoms with van der Waals surface area (Å²) in [6.07, 6.45) is 2.70. The van der Waals surface area contributed by atoms with Gasteiger partial charge in [0.15, 0.2) is 11.6 Å². The molecule has 0 amide bonds. The molecule has 2 aromatic rings. The molecule has 19 heavy (non-hydrogen) atoms. The monoisotopic (exact) mass is 277 g/mol.